The summed E-state index contributed by atoms with van der Waals surface area (Å²) in [6.07, 6.45) is 0. The molecule has 4 heteroatoms. The van der Waals surface area contributed by atoms with E-state index in [-0.39, 0.29) is 18.6 Å². The van der Waals surface area contributed by atoms with Crippen LogP contribution in [0.5, 0.6) is 0 Å². The van der Waals surface area contributed by atoms with E-state index >= 15 is 0 Å². The summed E-state index contributed by atoms with van der Waals surface area (Å²) >= 11 is 0. The minimum absolute atomic E-state index is 0.0149. The highest BCUT2D eigenvalue weighted by Crippen LogP contribution is 2.01. The van der Waals surface area contributed by atoms with Gasteiger partial charge >= 0.3 is 5.97 Å². The normalized spacial score (nSPS) is 18.3. The van der Waals surface area contributed by atoms with E-state index in [1.807, 2.05) is 13.8 Å². The van der Waals surface area contributed by atoms with Gasteiger partial charge in [0.25, 0.3) is 0 Å². The summed E-state index contributed by atoms with van der Waals surface area (Å²) in [6.45, 7) is 5.38. The summed E-state index contributed by atoms with van der Waals surface area (Å²) in [5.41, 5.74) is 0. The molecular weight excluding hydrogens is 158 g/mol. The van der Waals surface area contributed by atoms with Crippen LogP contribution < -0.4 is 5.32 Å². The Morgan fingerprint density at radius 3 is 2.25 bits per heavy atom. The fourth-order valence-electron chi connectivity index (χ4n) is 0.788. The van der Waals surface area contributed by atoms with Crippen LogP contribution in [0.1, 0.15) is 20.8 Å². The lowest BCUT2D eigenvalue weighted by atomic mass is 10.0. The first-order valence-corrected chi connectivity index (χ1v) is 4.08. The fourth-order valence-corrected chi connectivity index (χ4v) is 0.788. The van der Waals surface area contributed by atoms with Gasteiger partial charge in [-0.25, -0.2) is 0 Å². The smallest absolute Gasteiger partial charge is 0.320 e. The Labute approximate surface area is 72.6 Å². The molecule has 0 saturated heterocycles. The van der Waals surface area contributed by atoms with Crippen molar-refractivity contribution in [1.82, 2.24) is 5.32 Å². The molecule has 4 nitrogen and oxygen atoms in total. The van der Waals surface area contributed by atoms with Gasteiger partial charge in [0.1, 0.15) is 6.04 Å². The zero-order chi connectivity index (χ0) is 9.72. The summed E-state index contributed by atoms with van der Waals surface area (Å²) in [7, 11) is 0. The van der Waals surface area contributed by atoms with Crippen LogP contribution in [0.4, 0.5) is 0 Å². The van der Waals surface area contributed by atoms with E-state index in [0.717, 1.165) is 0 Å². The van der Waals surface area contributed by atoms with Gasteiger partial charge in [0.2, 0.25) is 0 Å². The van der Waals surface area contributed by atoms with Crippen LogP contribution in [0.3, 0.4) is 0 Å². The van der Waals surface area contributed by atoms with Crippen molar-refractivity contribution in [3.8, 4) is 0 Å². The van der Waals surface area contributed by atoms with Crippen molar-refractivity contribution in [1.29, 1.82) is 0 Å². The maximum atomic E-state index is 10.4. The first-order chi connectivity index (χ1) is 5.49. The van der Waals surface area contributed by atoms with Crippen LogP contribution in [-0.2, 0) is 4.79 Å². The van der Waals surface area contributed by atoms with Crippen molar-refractivity contribution < 1.29 is 15.0 Å². The van der Waals surface area contributed by atoms with Gasteiger partial charge in [-0.3, -0.25) is 4.79 Å². The number of carbonyl (C=O) groups is 1. The number of aliphatic hydroxyl groups excluding tert-OH is 1. The van der Waals surface area contributed by atoms with Crippen LogP contribution in [-0.4, -0.2) is 34.9 Å². The second kappa shape index (κ2) is 5.11. The molecule has 72 valence electrons. The lowest BCUT2D eigenvalue weighted by Crippen LogP contribution is -2.43. The largest absolute Gasteiger partial charge is 0.480 e. The Kier molecular flexibility index (Phi) is 4.85. The molecular formula is C8H17NO3. The van der Waals surface area contributed by atoms with Gasteiger partial charge in [-0.1, -0.05) is 6.92 Å². The van der Waals surface area contributed by atoms with Crippen molar-refractivity contribution in [3.05, 3.63) is 0 Å². The van der Waals surface area contributed by atoms with Crippen LogP contribution in [0.15, 0.2) is 0 Å². The minimum Gasteiger partial charge on any atom is -0.480 e. The van der Waals surface area contributed by atoms with E-state index in [1.54, 1.807) is 6.92 Å². The average Bonchev–Trinajstić information content (AvgIpc) is 2.02. The highest BCUT2D eigenvalue weighted by atomic mass is 16.4. The maximum Gasteiger partial charge on any atom is 0.320 e. The standard InChI is InChI=1S/C8H17NO3/c1-5(4-10)6(2)9-7(3)8(11)12/h5-7,9-10H,4H2,1-3H3,(H,11,12). The molecule has 3 unspecified atom stereocenters. The third-order valence-electron chi connectivity index (χ3n) is 2.02. The highest BCUT2D eigenvalue weighted by Gasteiger charge is 2.17. The Bertz CT molecular complexity index is 149. The molecule has 0 aromatic carbocycles. The number of aliphatic carboxylic acids is 1. The van der Waals surface area contributed by atoms with E-state index < -0.39 is 12.0 Å². The van der Waals surface area contributed by atoms with Crippen LogP contribution in [0.25, 0.3) is 0 Å². The van der Waals surface area contributed by atoms with Crippen molar-refractivity contribution in [3.63, 3.8) is 0 Å². The predicted molar refractivity (Wildman–Crippen MR) is 45.9 cm³/mol. The Balaban J connectivity index is 3.83. The van der Waals surface area contributed by atoms with E-state index in [0.29, 0.717) is 0 Å². The summed E-state index contributed by atoms with van der Waals surface area (Å²) in [4.78, 5) is 10.4. The third-order valence-corrected chi connectivity index (χ3v) is 2.02. The zero-order valence-electron chi connectivity index (χ0n) is 7.74. The number of hydrogen-bond acceptors (Lipinski definition) is 3. The molecule has 0 saturated carbocycles. The molecule has 0 aliphatic rings. The van der Waals surface area contributed by atoms with Crippen molar-refractivity contribution in [2.24, 2.45) is 5.92 Å². The van der Waals surface area contributed by atoms with Crippen molar-refractivity contribution >= 4 is 5.97 Å². The fraction of sp³-hybridized carbons (Fsp3) is 0.875. The molecule has 0 heterocycles. The van der Waals surface area contributed by atoms with Crippen molar-refractivity contribution in [2.45, 2.75) is 32.9 Å². The molecule has 0 radical (unpaired) electrons. The molecule has 0 fully saturated rings. The summed E-state index contributed by atoms with van der Waals surface area (Å²) in [5, 5.41) is 20.2. The SMILES string of the molecule is CC(NC(C)C(C)CO)C(=O)O. The lowest BCUT2D eigenvalue weighted by molar-refractivity contribution is -0.139. The number of aliphatic hydroxyl groups is 1. The third kappa shape index (κ3) is 3.69. The number of nitrogens with one attached hydrogen (secondary N) is 1. The maximum absolute atomic E-state index is 10.4. The minimum atomic E-state index is -0.869. The molecule has 0 rings (SSSR count). The Morgan fingerprint density at radius 2 is 1.92 bits per heavy atom. The molecule has 0 aromatic heterocycles. The van der Waals surface area contributed by atoms with Gasteiger partial charge in [0, 0.05) is 12.6 Å². The van der Waals surface area contributed by atoms with Crippen LogP contribution >= 0.6 is 0 Å². The zero-order valence-corrected chi connectivity index (χ0v) is 7.74. The predicted octanol–water partition coefficient (Wildman–Crippen LogP) is 0.0660. The Hall–Kier alpha value is -0.610. The second-order valence-corrected chi connectivity index (χ2v) is 3.18. The average molecular weight is 175 g/mol. The molecule has 0 aliphatic carbocycles. The molecule has 3 atom stereocenters. The monoisotopic (exact) mass is 175 g/mol. The molecule has 0 aromatic rings. The first kappa shape index (κ1) is 11.4. The summed E-state index contributed by atoms with van der Waals surface area (Å²) < 4.78 is 0. The van der Waals surface area contributed by atoms with Crippen LogP contribution in [0, 0.1) is 5.92 Å². The molecule has 3 N–H and O–H groups in total. The van der Waals surface area contributed by atoms with E-state index in [4.69, 9.17) is 10.2 Å². The summed E-state index contributed by atoms with van der Waals surface area (Å²) in [5.74, 6) is -0.793. The topological polar surface area (TPSA) is 69.6 Å². The number of carboxylic acids is 1. The van der Waals surface area contributed by atoms with E-state index in [2.05, 4.69) is 5.32 Å². The molecule has 0 aliphatic heterocycles. The van der Waals surface area contributed by atoms with Gasteiger partial charge in [0.05, 0.1) is 0 Å². The molecule has 0 amide bonds. The van der Waals surface area contributed by atoms with Crippen LogP contribution in [0.2, 0.25) is 0 Å². The molecule has 12 heavy (non-hydrogen) atoms. The number of carboxylic acid groups (broad SMARTS) is 1. The van der Waals surface area contributed by atoms with Gasteiger partial charge < -0.3 is 15.5 Å². The second-order valence-electron chi connectivity index (χ2n) is 3.18. The lowest BCUT2D eigenvalue weighted by Gasteiger charge is -2.21. The summed E-state index contributed by atoms with van der Waals surface area (Å²) in [6, 6.07) is -0.546. The first-order valence-electron chi connectivity index (χ1n) is 4.08. The molecule has 0 bridgehead atoms. The van der Waals surface area contributed by atoms with E-state index in [9.17, 15) is 4.79 Å². The van der Waals surface area contributed by atoms with E-state index in [1.165, 1.54) is 0 Å². The number of hydrogen-bond donors (Lipinski definition) is 3. The van der Waals surface area contributed by atoms with Gasteiger partial charge in [0.15, 0.2) is 0 Å². The number of rotatable bonds is 5. The quantitative estimate of drug-likeness (QED) is 0.553. The van der Waals surface area contributed by atoms with Gasteiger partial charge in [-0.2, -0.15) is 0 Å². The highest BCUT2D eigenvalue weighted by molar-refractivity contribution is 5.72. The molecule has 0 spiro atoms. The van der Waals surface area contributed by atoms with Gasteiger partial charge in [-0.05, 0) is 19.8 Å². The van der Waals surface area contributed by atoms with Gasteiger partial charge in [-0.15, -0.1) is 0 Å². The van der Waals surface area contributed by atoms with Crippen molar-refractivity contribution in [2.75, 3.05) is 6.61 Å². The Morgan fingerprint density at radius 1 is 1.42 bits per heavy atom.